The number of hydrogen-bond donors (Lipinski definition) is 1. The minimum Gasteiger partial charge on any atom is -0.398 e. The highest BCUT2D eigenvalue weighted by Crippen LogP contribution is 2.29. The van der Waals surface area contributed by atoms with E-state index in [4.69, 9.17) is 5.73 Å². The van der Waals surface area contributed by atoms with Gasteiger partial charge in [0.2, 0.25) is 0 Å². The molecule has 0 fully saturated rings. The van der Waals surface area contributed by atoms with Gasteiger partial charge >= 0.3 is 6.18 Å². The number of anilines is 1. The average Bonchev–Trinajstić information content (AvgIpc) is 2.46. The van der Waals surface area contributed by atoms with Crippen molar-refractivity contribution in [3.8, 4) is 0 Å². The van der Waals surface area contributed by atoms with E-state index in [9.17, 15) is 18.0 Å². The molecule has 1 aromatic carbocycles. The van der Waals surface area contributed by atoms with Crippen LogP contribution < -0.4 is 5.73 Å². The molecular weight excluding hydrogens is 301 g/mol. The van der Waals surface area contributed by atoms with Crippen LogP contribution in [0.15, 0.2) is 40.2 Å². The predicted molar refractivity (Wildman–Crippen MR) is 78.0 cm³/mol. The fourth-order valence-corrected chi connectivity index (χ4v) is 2.86. The molecule has 21 heavy (non-hydrogen) atoms. The summed E-state index contributed by atoms with van der Waals surface area (Å²) in [7, 11) is 0. The number of nitrogens with zero attached hydrogens (tertiary/aromatic N) is 1. The molecule has 1 unspecified atom stereocenters. The van der Waals surface area contributed by atoms with E-state index in [1.807, 2.05) is 0 Å². The van der Waals surface area contributed by atoms with Gasteiger partial charge in [0.15, 0.2) is 0 Å². The van der Waals surface area contributed by atoms with E-state index in [0.717, 1.165) is 17.3 Å². The Hall–Kier alpha value is -1.76. The van der Waals surface area contributed by atoms with Crippen molar-refractivity contribution in [2.24, 2.45) is 10.9 Å². The summed E-state index contributed by atoms with van der Waals surface area (Å²) in [5.41, 5.74) is 6.03. The van der Waals surface area contributed by atoms with Gasteiger partial charge in [-0.2, -0.15) is 13.2 Å². The Morgan fingerprint density at radius 2 is 2.19 bits per heavy atom. The molecule has 3 nitrogen and oxygen atoms in total. The number of rotatable bonds is 4. The number of aldehydes is 1. The molecule has 1 aliphatic heterocycles. The lowest BCUT2D eigenvalue weighted by Gasteiger charge is -2.17. The molecule has 1 heterocycles. The van der Waals surface area contributed by atoms with E-state index in [1.54, 1.807) is 18.2 Å². The van der Waals surface area contributed by atoms with Gasteiger partial charge in [0.25, 0.3) is 0 Å². The molecule has 0 saturated heterocycles. The number of benzene rings is 1. The third kappa shape index (κ3) is 4.10. The summed E-state index contributed by atoms with van der Waals surface area (Å²) in [4.78, 5) is 15.0. The predicted octanol–water partition coefficient (Wildman–Crippen LogP) is 3.36. The summed E-state index contributed by atoms with van der Waals surface area (Å²) in [6, 6.07) is 4.93. The molecule has 1 atom stereocenters. The first kappa shape index (κ1) is 15.6. The minimum absolute atomic E-state index is 0.0830. The van der Waals surface area contributed by atoms with Crippen LogP contribution in [0.2, 0.25) is 0 Å². The van der Waals surface area contributed by atoms with Crippen LogP contribution in [-0.2, 0) is 0 Å². The maximum absolute atomic E-state index is 12.4. The van der Waals surface area contributed by atoms with Crippen molar-refractivity contribution in [2.45, 2.75) is 11.1 Å². The SMILES string of the molecule is Nc1ccc(C=O)cc1SCC1C=CC(C(F)(F)F)=NC1. The molecular formula is C14H13F3N2OS. The molecule has 0 radical (unpaired) electrons. The van der Waals surface area contributed by atoms with Crippen LogP contribution in [0.5, 0.6) is 0 Å². The van der Waals surface area contributed by atoms with E-state index in [2.05, 4.69) is 4.99 Å². The molecule has 1 aromatic rings. The van der Waals surface area contributed by atoms with Crippen molar-refractivity contribution < 1.29 is 18.0 Å². The Labute approximate surface area is 124 Å². The zero-order chi connectivity index (χ0) is 15.5. The van der Waals surface area contributed by atoms with E-state index < -0.39 is 11.9 Å². The second-order valence-electron chi connectivity index (χ2n) is 4.57. The average molecular weight is 314 g/mol. The fraction of sp³-hybridized carbons (Fsp3) is 0.286. The molecule has 0 saturated carbocycles. The molecule has 0 spiro atoms. The zero-order valence-corrected chi connectivity index (χ0v) is 11.7. The van der Waals surface area contributed by atoms with Crippen molar-refractivity contribution >= 4 is 29.4 Å². The number of thioether (sulfide) groups is 1. The Kier molecular flexibility index (Phi) is 4.72. The maximum Gasteiger partial charge on any atom is 0.432 e. The number of halogens is 3. The molecule has 112 valence electrons. The number of alkyl halides is 3. The standard InChI is InChI=1S/C14H13F3N2OS/c15-14(16,17)13-4-2-10(6-19-13)8-21-12-5-9(7-20)1-3-11(12)18/h1-5,7,10H,6,8,18H2. The van der Waals surface area contributed by atoms with Gasteiger partial charge in [-0.15, -0.1) is 11.8 Å². The number of carbonyl (C=O) groups is 1. The van der Waals surface area contributed by atoms with E-state index in [0.29, 0.717) is 17.0 Å². The van der Waals surface area contributed by atoms with Crippen LogP contribution >= 0.6 is 11.8 Å². The van der Waals surface area contributed by atoms with Crippen LogP contribution in [0.4, 0.5) is 18.9 Å². The highest BCUT2D eigenvalue weighted by Gasteiger charge is 2.34. The monoisotopic (exact) mass is 314 g/mol. The van der Waals surface area contributed by atoms with Crippen LogP contribution in [0, 0.1) is 5.92 Å². The Morgan fingerprint density at radius 3 is 2.76 bits per heavy atom. The number of carbonyl (C=O) groups excluding carboxylic acids is 1. The lowest BCUT2D eigenvalue weighted by atomic mass is 10.1. The third-order valence-corrected chi connectivity index (χ3v) is 4.20. The van der Waals surface area contributed by atoms with Gasteiger partial charge in [-0.3, -0.25) is 9.79 Å². The number of aliphatic imine (C=N–C) groups is 1. The first-order valence-electron chi connectivity index (χ1n) is 6.17. The van der Waals surface area contributed by atoms with Crippen molar-refractivity contribution in [3.63, 3.8) is 0 Å². The summed E-state index contributed by atoms with van der Waals surface area (Å²) in [6.45, 7) is 0.103. The van der Waals surface area contributed by atoms with Gasteiger partial charge in [0.05, 0.1) is 0 Å². The summed E-state index contributed by atoms with van der Waals surface area (Å²) in [6.07, 6.45) is -1.14. The van der Waals surface area contributed by atoms with Crippen molar-refractivity contribution in [2.75, 3.05) is 18.0 Å². The molecule has 7 heteroatoms. The van der Waals surface area contributed by atoms with Crippen molar-refractivity contribution in [3.05, 3.63) is 35.9 Å². The van der Waals surface area contributed by atoms with Gasteiger partial charge in [0.1, 0.15) is 12.0 Å². The van der Waals surface area contributed by atoms with Crippen LogP contribution in [-0.4, -0.2) is 30.5 Å². The molecule has 1 aliphatic rings. The summed E-state index contributed by atoms with van der Waals surface area (Å²) in [5, 5.41) is 0. The van der Waals surface area contributed by atoms with Gasteiger partial charge in [-0.25, -0.2) is 0 Å². The normalized spacial score (nSPS) is 18.4. The number of nitrogens with two attached hydrogens (primary N) is 1. The summed E-state index contributed by atoms with van der Waals surface area (Å²) >= 11 is 1.41. The van der Waals surface area contributed by atoms with Gasteiger partial charge < -0.3 is 5.73 Å². The number of dihydropyridines is 1. The summed E-state index contributed by atoms with van der Waals surface area (Å²) in [5.74, 6) is 0.470. The molecule has 0 bridgehead atoms. The maximum atomic E-state index is 12.4. The Balaban J connectivity index is 1.96. The molecule has 2 rings (SSSR count). The van der Waals surface area contributed by atoms with Gasteiger partial charge in [-0.1, -0.05) is 6.08 Å². The first-order chi connectivity index (χ1) is 9.90. The van der Waals surface area contributed by atoms with Crippen LogP contribution in [0.1, 0.15) is 10.4 Å². The summed E-state index contributed by atoms with van der Waals surface area (Å²) < 4.78 is 37.3. The number of nitrogen functional groups attached to an aromatic ring is 1. The smallest absolute Gasteiger partial charge is 0.398 e. The number of hydrogen-bond acceptors (Lipinski definition) is 4. The zero-order valence-electron chi connectivity index (χ0n) is 10.9. The molecule has 0 aromatic heterocycles. The minimum atomic E-state index is -4.39. The highest BCUT2D eigenvalue weighted by atomic mass is 32.2. The molecule has 2 N–H and O–H groups in total. The fourth-order valence-electron chi connectivity index (χ4n) is 1.79. The Bertz CT molecular complexity index is 596. The number of allylic oxidation sites excluding steroid dienone is 1. The Morgan fingerprint density at radius 1 is 1.43 bits per heavy atom. The van der Waals surface area contributed by atoms with Crippen LogP contribution in [0.3, 0.4) is 0 Å². The van der Waals surface area contributed by atoms with Gasteiger partial charge in [0, 0.05) is 34.4 Å². The van der Waals surface area contributed by atoms with E-state index in [1.165, 1.54) is 17.8 Å². The lowest BCUT2D eigenvalue weighted by molar-refractivity contribution is -0.0580. The topological polar surface area (TPSA) is 55.5 Å². The van der Waals surface area contributed by atoms with E-state index in [-0.39, 0.29) is 12.5 Å². The van der Waals surface area contributed by atoms with E-state index >= 15 is 0 Å². The van der Waals surface area contributed by atoms with Crippen molar-refractivity contribution in [1.29, 1.82) is 0 Å². The quantitative estimate of drug-likeness (QED) is 0.527. The third-order valence-electron chi connectivity index (χ3n) is 2.94. The second kappa shape index (κ2) is 6.34. The molecule has 0 amide bonds. The van der Waals surface area contributed by atoms with Gasteiger partial charge in [-0.05, 0) is 24.3 Å². The first-order valence-corrected chi connectivity index (χ1v) is 7.16. The van der Waals surface area contributed by atoms with Crippen molar-refractivity contribution in [1.82, 2.24) is 0 Å². The lowest BCUT2D eigenvalue weighted by Crippen LogP contribution is -2.25. The highest BCUT2D eigenvalue weighted by molar-refractivity contribution is 7.99. The molecule has 0 aliphatic carbocycles. The largest absolute Gasteiger partial charge is 0.432 e. The van der Waals surface area contributed by atoms with Crippen LogP contribution in [0.25, 0.3) is 0 Å². The second-order valence-corrected chi connectivity index (χ2v) is 5.63.